The number of fused-ring (bicyclic) bond motifs is 3. The Hall–Kier alpha value is -9.14. The third-order valence-corrected chi connectivity index (χ3v) is 17.0. The second-order valence-electron chi connectivity index (χ2n) is 22.6. The molecule has 0 amide bonds. The fourth-order valence-corrected chi connectivity index (χ4v) is 12.1. The number of hydrogen-bond donors (Lipinski definition) is 6. The smallest absolute Gasteiger partial charge is 0.137 e. The number of likely N-dealkylation sites (N-methyl/N-ethyl adjacent to an activating group) is 1. The van der Waals surface area contributed by atoms with Gasteiger partial charge in [-0.15, -0.1) is 0 Å². The van der Waals surface area contributed by atoms with Gasteiger partial charge in [0.2, 0.25) is 0 Å². The van der Waals surface area contributed by atoms with Crippen molar-refractivity contribution < 1.29 is 10.2 Å². The van der Waals surface area contributed by atoms with Crippen LogP contribution in [0.3, 0.4) is 0 Å². The zero-order valence-electron chi connectivity index (χ0n) is 48.5. The number of nitrogens with one attached hydrogen (secondary N) is 4. The first kappa shape index (κ1) is 56.0. The average Bonchev–Trinajstić information content (AvgIpc) is 2.33. The van der Waals surface area contributed by atoms with Gasteiger partial charge in [0.05, 0.1) is 77.7 Å². The van der Waals surface area contributed by atoms with Crippen LogP contribution in [0.15, 0.2) is 165 Å². The van der Waals surface area contributed by atoms with E-state index in [4.69, 9.17) is 15.0 Å². The molecule has 2 aliphatic heterocycles. The second kappa shape index (κ2) is 26.0. The van der Waals surface area contributed by atoms with Gasteiger partial charge >= 0.3 is 0 Å². The van der Waals surface area contributed by atoms with E-state index in [9.17, 15) is 10.2 Å². The third-order valence-electron chi connectivity index (χ3n) is 17.0. The molecule has 4 aliphatic rings. The van der Waals surface area contributed by atoms with Crippen molar-refractivity contribution in [1.29, 1.82) is 0 Å². The summed E-state index contributed by atoms with van der Waals surface area (Å²) in [6.07, 6.45) is 28.9. The first-order valence-corrected chi connectivity index (χ1v) is 30.3. The van der Waals surface area contributed by atoms with Crippen molar-refractivity contribution in [3.8, 4) is 56.4 Å². The maximum absolute atomic E-state index is 9.86. The molecule has 15 rings (SSSR count). The van der Waals surface area contributed by atoms with E-state index in [2.05, 4.69) is 97.8 Å². The number of imidazole rings is 3. The molecule has 2 aliphatic carbocycles. The summed E-state index contributed by atoms with van der Waals surface area (Å²) in [6.45, 7) is 9.62. The highest BCUT2D eigenvalue weighted by atomic mass is 16.3. The quantitative estimate of drug-likeness (QED) is 0.0564. The van der Waals surface area contributed by atoms with Crippen LogP contribution in [0.2, 0.25) is 0 Å². The van der Waals surface area contributed by atoms with Crippen molar-refractivity contribution in [3.63, 3.8) is 0 Å². The van der Waals surface area contributed by atoms with Gasteiger partial charge in [-0.3, -0.25) is 23.2 Å². The molecule has 13 heterocycles. The summed E-state index contributed by atoms with van der Waals surface area (Å²) in [6, 6.07) is 35.7. The molecule has 0 spiro atoms. The van der Waals surface area contributed by atoms with Crippen molar-refractivity contribution in [2.24, 2.45) is 0 Å². The van der Waals surface area contributed by atoms with Gasteiger partial charge in [-0.1, -0.05) is 62.9 Å². The SMILES string of the molecule is CCN1CCN(c2ccc3ncc(-c4cccc(NC5CNC5)n4)n3c2)CC1.OCc1cc2ncc(-c3cccc(NC4CCCC4)n3)n2cc1-c1cccnc1.OCc1cc2ncc(-c3cccc(NC4CCCC4)n3)n2cc1-c1cccnc1. The number of rotatable bonds is 15. The molecular formula is C67H73N17O2. The second-order valence-corrected chi connectivity index (χ2v) is 22.6. The number of aliphatic hydroxyl groups excluding tert-OH is 2. The lowest BCUT2D eigenvalue weighted by molar-refractivity contribution is 0.271. The van der Waals surface area contributed by atoms with E-state index < -0.39 is 0 Å². The van der Waals surface area contributed by atoms with Crippen LogP contribution in [0.1, 0.15) is 69.4 Å². The molecule has 19 nitrogen and oxygen atoms in total. The Labute approximate surface area is 500 Å². The molecule has 0 atom stereocenters. The van der Waals surface area contributed by atoms with Crippen molar-refractivity contribution >= 4 is 40.1 Å². The molecule has 0 unspecified atom stereocenters. The van der Waals surface area contributed by atoms with Gasteiger partial charge < -0.3 is 41.3 Å². The minimum atomic E-state index is -0.0536. The van der Waals surface area contributed by atoms with Gasteiger partial charge in [0.25, 0.3) is 0 Å². The number of aliphatic hydroxyl groups is 2. The molecule has 2 saturated carbocycles. The Morgan fingerprint density at radius 1 is 0.488 bits per heavy atom. The highest BCUT2D eigenvalue weighted by Gasteiger charge is 2.22. The monoisotopic (exact) mass is 1150 g/mol. The normalized spacial score (nSPS) is 15.8. The van der Waals surface area contributed by atoms with Crippen LogP contribution in [0.4, 0.5) is 23.1 Å². The lowest BCUT2D eigenvalue weighted by Crippen LogP contribution is -2.51. The number of piperazine rings is 1. The van der Waals surface area contributed by atoms with Gasteiger partial charge in [0.15, 0.2) is 0 Å². The summed E-state index contributed by atoms with van der Waals surface area (Å²) in [7, 11) is 0. The fourth-order valence-electron chi connectivity index (χ4n) is 12.1. The molecule has 6 N–H and O–H groups in total. The number of aromatic nitrogens is 11. The van der Waals surface area contributed by atoms with Crippen molar-refractivity contribution in [1.82, 2.24) is 63.3 Å². The standard InChI is InChI=1S/2C23H23N5O.C21H27N7/c2*29-15-17-11-23-25-13-21(28(23)14-19(17)16-5-4-10-24-12-16)20-8-3-9-22(27-20)26-18-6-1-2-7-18;1-2-26-8-10-27(11-9-26)17-6-7-21-23-14-19(28(21)15-17)18-4-3-5-20(25-18)24-16-12-22-13-16/h2*3-5,8-14,18,29H,1-2,6-7,15H2,(H,26,27);3-7,14-16,22H,2,8-13H2,1H3,(H,24,25). The third kappa shape index (κ3) is 12.5. The molecule has 2 saturated heterocycles. The van der Waals surface area contributed by atoms with E-state index in [0.717, 1.165) is 148 Å². The summed E-state index contributed by atoms with van der Waals surface area (Å²) in [5, 5.41) is 33.6. The zero-order chi connectivity index (χ0) is 58.2. The van der Waals surface area contributed by atoms with Gasteiger partial charge in [-0.25, -0.2) is 29.9 Å². The first-order valence-electron chi connectivity index (χ1n) is 30.3. The van der Waals surface area contributed by atoms with Crippen LogP contribution in [0, 0.1) is 0 Å². The number of hydrogen-bond acceptors (Lipinski definition) is 16. The fraction of sp³-hybridized carbons (Fsp3) is 0.313. The molecule has 4 fully saturated rings. The van der Waals surface area contributed by atoms with Crippen molar-refractivity contribution in [3.05, 3.63) is 176 Å². The summed E-state index contributed by atoms with van der Waals surface area (Å²) in [5.41, 5.74) is 14.8. The highest BCUT2D eigenvalue weighted by molar-refractivity contribution is 5.73. The van der Waals surface area contributed by atoms with E-state index in [1.54, 1.807) is 24.8 Å². The largest absolute Gasteiger partial charge is 0.392 e. The molecule has 11 aromatic rings. The van der Waals surface area contributed by atoms with Crippen LogP contribution in [-0.2, 0) is 13.2 Å². The Morgan fingerprint density at radius 3 is 1.36 bits per heavy atom. The first-order chi connectivity index (χ1) is 42.4. The summed E-state index contributed by atoms with van der Waals surface area (Å²) in [5.74, 6) is 2.73. The van der Waals surface area contributed by atoms with E-state index in [0.29, 0.717) is 18.1 Å². The van der Waals surface area contributed by atoms with Gasteiger partial charge in [0.1, 0.15) is 34.4 Å². The lowest BCUT2D eigenvalue weighted by Gasteiger charge is -2.35. The van der Waals surface area contributed by atoms with Crippen molar-refractivity contribution in [2.45, 2.75) is 89.6 Å². The zero-order valence-corrected chi connectivity index (χ0v) is 48.5. The molecular weight excluding hydrogens is 1070 g/mol. The minimum Gasteiger partial charge on any atom is -0.392 e. The Kier molecular flexibility index (Phi) is 16.9. The summed E-state index contributed by atoms with van der Waals surface area (Å²) in [4.78, 5) is 41.6. The number of nitrogens with zero attached hydrogens (tertiary/aromatic N) is 13. The van der Waals surface area contributed by atoms with Crippen LogP contribution in [-0.4, -0.2) is 132 Å². The topological polar surface area (TPSA) is 211 Å². The van der Waals surface area contributed by atoms with E-state index >= 15 is 0 Å². The number of pyridine rings is 8. The molecule has 0 aromatic carbocycles. The van der Waals surface area contributed by atoms with Gasteiger partial charge in [-0.05, 0) is 116 Å². The van der Waals surface area contributed by atoms with Crippen LogP contribution in [0.5, 0.6) is 0 Å². The molecule has 438 valence electrons. The Morgan fingerprint density at radius 2 is 0.942 bits per heavy atom. The van der Waals surface area contributed by atoms with Crippen LogP contribution in [0.25, 0.3) is 73.4 Å². The van der Waals surface area contributed by atoms with Gasteiger partial charge in [0, 0.05) is 117 Å². The summed E-state index contributed by atoms with van der Waals surface area (Å²) < 4.78 is 6.23. The van der Waals surface area contributed by atoms with E-state index in [1.165, 1.54) is 57.1 Å². The predicted molar refractivity (Wildman–Crippen MR) is 340 cm³/mol. The number of anilines is 4. The van der Waals surface area contributed by atoms with E-state index in [1.807, 2.05) is 119 Å². The molecule has 0 bridgehead atoms. The average molecular weight is 1150 g/mol. The van der Waals surface area contributed by atoms with Crippen molar-refractivity contribution in [2.75, 3.05) is 66.7 Å². The molecule has 86 heavy (non-hydrogen) atoms. The Bertz CT molecular complexity index is 3870. The molecule has 11 aromatic heterocycles. The maximum Gasteiger partial charge on any atom is 0.137 e. The summed E-state index contributed by atoms with van der Waals surface area (Å²) >= 11 is 0. The highest BCUT2D eigenvalue weighted by Crippen LogP contribution is 2.32. The van der Waals surface area contributed by atoms with Crippen LogP contribution < -0.4 is 26.2 Å². The minimum absolute atomic E-state index is 0.0536. The predicted octanol–water partition coefficient (Wildman–Crippen LogP) is 10.5. The molecule has 19 heteroatoms. The van der Waals surface area contributed by atoms with Crippen LogP contribution >= 0.6 is 0 Å². The lowest BCUT2D eigenvalue weighted by atomic mass is 10.0. The van der Waals surface area contributed by atoms with Gasteiger partial charge in [-0.2, -0.15) is 0 Å². The molecule has 0 radical (unpaired) electrons. The van der Waals surface area contributed by atoms with E-state index in [-0.39, 0.29) is 13.2 Å². The Balaban J connectivity index is 0.000000120. The maximum atomic E-state index is 9.86.